The first-order chi connectivity index (χ1) is 12.7. The second-order valence-corrected chi connectivity index (χ2v) is 6.61. The lowest BCUT2D eigenvalue weighted by Crippen LogP contribution is -2.15. The van der Waals surface area contributed by atoms with E-state index in [0.717, 1.165) is 12.8 Å². The second-order valence-electron chi connectivity index (χ2n) is 6.61. The van der Waals surface area contributed by atoms with Gasteiger partial charge in [0.15, 0.2) is 11.4 Å². The molecule has 1 N–H and O–H groups in total. The van der Waals surface area contributed by atoms with Crippen molar-refractivity contribution >= 4 is 23.3 Å². The van der Waals surface area contributed by atoms with Crippen LogP contribution in [-0.4, -0.2) is 26.3 Å². The van der Waals surface area contributed by atoms with Crippen LogP contribution < -0.4 is 5.32 Å². The molecule has 1 aromatic carbocycles. The number of nitrogens with zero attached hydrogens (tertiary/aromatic N) is 3. The summed E-state index contributed by atoms with van der Waals surface area (Å²) in [5.41, 5.74) is 3.99. The zero-order valence-electron chi connectivity index (χ0n) is 14.4. The van der Waals surface area contributed by atoms with Gasteiger partial charge < -0.3 is 0 Å². The summed E-state index contributed by atoms with van der Waals surface area (Å²) in [4.78, 5) is 24.6. The van der Waals surface area contributed by atoms with E-state index in [9.17, 15) is 9.59 Å². The van der Waals surface area contributed by atoms with E-state index in [1.165, 1.54) is 24.0 Å². The van der Waals surface area contributed by atoms with E-state index in [0.29, 0.717) is 17.2 Å². The highest BCUT2D eigenvalue weighted by molar-refractivity contribution is 5.99. The Kier molecular flexibility index (Phi) is 4.48. The highest BCUT2D eigenvalue weighted by Crippen LogP contribution is 2.23. The molecular weight excluding hydrogens is 328 g/mol. The summed E-state index contributed by atoms with van der Waals surface area (Å²) in [6.07, 6.45) is 6.62. The fourth-order valence-corrected chi connectivity index (χ4v) is 3.39. The third-order valence-corrected chi connectivity index (χ3v) is 4.81. The first kappa shape index (κ1) is 16.4. The van der Waals surface area contributed by atoms with Gasteiger partial charge in [-0.1, -0.05) is 18.2 Å². The Morgan fingerprint density at radius 2 is 1.85 bits per heavy atom. The fraction of sp³-hybridized carbons (Fsp3) is 0.300. The quantitative estimate of drug-likeness (QED) is 0.718. The Balaban J connectivity index is 1.37. The van der Waals surface area contributed by atoms with Gasteiger partial charge >= 0.3 is 0 Å². The molecule has 6 heteroatoms. The van der Waals surface area contributed by atoms with E-state index >= 15 is 0 Å². The standard InChI is InChI=1S/C20H20N4O2/c25-17(16-9-8-14-5-1-2-6-15(14)13-16)10-11-19(26)21-20-23-22-18-7-3-4-12-24(18)20/h3-4,7-9,12-13H,1-2,5-6,10-11H2,(H,21,23,26). The lowest BCUT2D eigenvalue weighted by Gasteiger charge is -2.16. The molecule has 0 bridgehead atoms. The summed E-state index contributed by atoms with van der Waals surface area (Å²) in [5.74, 6) is 0.126. The van der Waals surface area contributed by atoms with Crippen LogP contribution in [0.5, 0.6) is 0 Å². The van der Waals surface area contributed by atoms with Crippen LogP contribution >= 0.6 is 0 Å². The zero-order chi connectivity index (χ0) is 17.9. The molecule has 26 heavy (non-hydrogen) atoms. The number of benzene rings is 1. The lowest BCUT2D eigenvalue weighted by atomic mass is 9.89. The molecule has 132 valence electrons. The maximum atomic E-state index is 12.4. The first-order valence-electron chi connectivity index (χ1n) is 8.95. The SMILES string of the molecule is O=C(CCC(=O)c1ccc2c(c1)CCCC2)Nc1nnc2ccccn12. The van der Waals surface area contributed by atoms with Crippen molar-refractivity contribution in [2.24, 2.45) is 0 Å². The van der Waals surface area contributed by atoms with Crippen molar-refractivity contribution < 1.29 is 9.59 Å². The van der Waals surface area contributed by atoms with Crippen molar-refractivity contribution in [1.82, 2.24) is 14.6 Å². The molecule has 6 nitrogen and oxygen atoms in total. The molecule has 2 aromatic heterocycles. The van der Waals surface area contributed by atoms with Crippen molar-refractivity contribution in [3.8, 4) is 0 Å². The van der Waals surface area contributed by atoms with Crippen molar-refractivity contribution in [1.29, 1.82) is 0 Å². The number of hydrogen-bond donors (Lipinski definition) is 1. The van der Waals surface area contributed by atoms with Crippen LogP contribution in [0.3, 0.4) is 0 Å². The number of Topliss-reactive ketones (excluding diaryl/α,β-unsaturated/α-hetero) is 1. The summed E-state index contributed by atoms with van der Waals surface area (Å²) in [5, 5.41) is 10.7. The third-order valence-electron chi connectivity index (χ3n) is 4.81. The van der Waals surface area contributed by atoms with Gasteiger partial charge in [-0.15, -0.1) is 10.2 Å². The molecule has 0 saturated heterocycles. The molecule has 1 aliphatic rings. The van der Waals surface area contributed by atoms with E-state index in [-0.39, 0.29) is 24.5 Å². The van der Waals surface area contributed by atoms with Crippen LogP contribution in [0.25, 0.3) is 5.65 Å². The number of carbonyl (C=O) groups excluding carboxylic acids is 2. The van der Waals surface area contributed by atoms with Gasteiger partial charge in [-0.3, -0.25) is 19.3 Å². The highest BCUT2D eigenvalue weighted by Gasteiger charge is 2.15. The normalized spacial score (nSPS) is 13.4. The largest absolute Gasteiger partial charge is 0.294 e. The molecule has 0 saturated carbocycles. The predicted molar refractivity (Wildman–Crippen MR) is 98.3 cm³/mol. The average molecular weight is 348 g/mol. The molecule has 2 heterocycles. The van der Waals surface area contributed by atoms with Crippen LogP contribution in [0, 0.1) is 0 Å². The fourth-order valence-electron chi connectivity index (χ4n) is 3.39. The van der Waals surface area contributed by atoms with Gasteiger partial charge in [0, 0.05) is 24.6 Å². The third kappa shape index (κ3) is 3.35. The Labute approximate surface area is 151 Å². The van der Waals surface area contributed by atoms with Gasteiger partial charge in [0.05, 0.1) is 0 Å². The van der Waals surface area contributed by atoms with E-state index in [1.54, 1.807) is 10.6 Å². The molecule has 0 spiro atoms. The molecule has 3 aromatic rings. The molecule has 0 atom stereocenters. The molecule has 0 radical (unpaired) electrons. The summed E-state index contributed by atoms with van der Waals surface area (Å²) in [7, 11) is 0. The van der Waals surface area contributed by atoms with Crippen LogP contribution in [0.15, 0.2) is 42.6 Å². The molecule has 0 unspecified atom stereocenters. The maximum Gasteiger partial charge on any atom is 0.235 e. The Hall–Kier alpha value is -3.02. The van der Waals surface area contributed by atoms with Crippen LogP contribution in [0.1, 0.15) is 47.2 Å². The van der Waals surface area contributed by atoms with Crippen LogP contribution in [0.2, 0.25) is 0 Å². The van der Waals surface area contributed by atoms with Gasteiger partial charge in [-0.2, -0.15) is 0 Å². The van der Waals surface area contributed by atoms with Gasteiger partial charge in [-0.25, -0.2) is 0 Å². The van der Waals surface area contributed by atoms with Gasteiger partial charge in [-0.05, 0) is 55.0 Å². The maximum absolute atomic E-state index is 12.4. The highest BCUT2D eigenvalue weighted by atomic mass is 16.2. The number of carbonyl (C=O) groups is 2. The lowest BCUT2D eigenvalue weighted by molar-refractivity contribution is -0.116. The number of pyridine rings is 1. The van der Waals surface area contributed by atoms with Crippen LogP contribution in [-0.2, 0) is 17.6 Å². The summed E-state index contributed by atoms with van der Waals surface area (Å²) < 4.78 is 1.70. The van der Waals surface area contributed by atoms with Crippen molar-refractivity contribution in [3.63, 3.8) is 0 Å². The number of aromatic nitrogens is 3. The summed E-state index contributed by atoms with van der Waals surface area (Å²) in [6.45, 7) is 0. The minimum absolute atomic E-state index is 0.000347. The molecular formula is C20H20N4O2. The second kappa shape index (κ2) is 7.07. The zero-order valence-corrected chi connectivity index (χ0v) is 14.4. The smallest absolute Gasteiger partial charge is 0.235 e. The first-order valence-corrected chi connectivity index (χ1v) is 8.95. The minimum atomic E-state index is -0.241. The van der Waals surface area contributed by atoms with Gasteiger partial charge in [0.25, 0.3) is 0 Å². The number of hydrogen-bond acceptors (Lipinski definition) is 4. The predicted octanol–water partition coefficient (Wildman–Crippen LogP) is 3.21. The van der Waals surface area contributed by atoms with E-state index in [1.807, 2.05) is 30.3 Å². The molecule has 0 aliphatic heterocycles. The number of rotatable bonds is 5. The van der Waals surface area contributed by atoms with Crippen LogP contribution in [0.4, 0.5) is 5.95 Å². The Morgan fingerprint density at radius 1 is 1.00 bits per heavy atom. The van der Waals surface area contributed by atoms with Gasteiger partial charge in [0.2, 0.25) is 11.9 Å². The number of anilines is 1. The van der Waals surface area contributed by atoms with E-state index in [2.05, 4.69) is 21.6 Å². The Morgan fingerprint density at radius 3 is 2.73 bits per heavy atom. The number of aryl methyl sites for hydroxylation is 2. The Bertz CT molecular complexity index is 977. The van der Waals surface area contributed by atoms with Crippen molar-refractivity contribution in [3.05, 3.63) is 59.3 Å². The number of fused-ring (bicyclic) bond motifs is 2. The minimum Gasteiger partial charge on any atom is -0.294 e. The van der Waals surface area contributed by atoms with Crippen molar-refractivity contribution in [2.45, 2.75) is 38.5 Å². The van der Waals surface area contributed by atoms with E-state index < -0.39 is 0 Å². The number of ketones is 1. The summed E-state index contributed by atoms with van der Waals surface area (Å²) in [6, 6.07) is 11.4. The van der Waals surface area contributed by atoms with Gasteiger partial charge in [0.1, 0.15) is 0 Å². The van der Waals surface area contributed by atoms with Crippen molar-refractivity contribution in [2.75, 3.05) is 5.32 Å². The number of nitrogens with one attached hydrogen (secondary N) is 1. The van der Waals surface area contributed by atoms with E-state index in [4.69, 9.17) is 0 Å². The molecule has 1 aliphatic carbocycles. The monoisotopic (exact) mass is 348 g/mol. The molecule has 1 amide bonds. The topological polar surface area (TPSA) is 76.4 Å². The molecule has 4 rings (SSSR count). The average Bonchev–Trinajstić information content (AvgIpc) is 3.08. The summed E-state index contributed by atoms with van der Waals surface area (Å²) >= 11 is 0. The molecule has 0 fully saturated rings. The number of amides is 1.